The van der Waals surface area contributed by atoms with E-state index in [4.69, 9.17) is 4.42 Å². The minimum atomic E-state index is -2.86. The van der Waals surface area contributed by atoms with Crippen LogP contribution in [0.1, 0.15) is 29.7 Å². The molecule has 22 heavy (non-hydrogen) atoms. The van der Waals surface area contributed by atoms with Crippen LogP contribution in [-0.4, -0.2) is 67.9 Å². The predicted octanol–water partition coefficient (Wildman–Crippen LogP) is 0.787. The molecule has 0 saturated carbocycles. The highest BCUT2D eigenvalue weighted by Gasteiger charge is 2.34. The van der Waals surface area contributed by atoms with Crippen molar-refractivity contribution in [1.29, 1.82) is 0 Å². The van der Waals surface area contributed by atoms with Gasteiger partial charge in [0.25, 0.3) is 5.91 Å². The van der Waals surface area contributed by atoms with E-state index in [1.807, 2.05) is 13.0 Å². The van der Waals surface area contributed by atoms with E-state index in [1.54, 1.807) is 11.0 Å². The molecule has 6 nitrogen and oxygen atoms in total. The summed E-state index contributed by atoms with van der Waals surface area (Å²) in [6.45, 7) is 4.69. The second-order valence-corrected chi connectivity index (χ2v) is 8.23. The van der Waals surface area contributed by atoms with Gasteiger partial charge in [-0.05, 0) is 18.6 Å². The molecule has 0 aromatic carbocycles. The Hall–Kier alpha value is -1.34. The standard InChI is InChI=1S/C15H22N2O4S/c1-2-13-3-4-14(21-13)15(18)17-8-6-16(7-9-17)12-5-10-22(19,20)11-12/h3-4,12H,2,5-11H2,1H3. The Bertz CT molecular complexity index is 644. The molecule has 0 N–H and O–H groups in total. The van der Waals surface area contributed by atoms with E-state index in [1.165, 1.54) is 0 Å². The zero-order chi connectivity index (χ0) is 15.7. The molecule has 122 valence electrons. The Morgan fingerprint density at radius 1 is 1.27 bits per heavy atom. The molecule has 1 unspecified atom stereocenters. The number of aryl methyl sites for hydroxylation is 1. The lowest BCUT2D eigenvalue weighted by molar-refractivity contribution is 0.0557. The molecular weight excluding hydrogens is 304 g/mol. The van der Waals surface area contributed by atoms with Crippen LogP contribution in [0.4, 0.5) is 0 Å². The maximum atomic E-state index is 12.4. The molecule has 1 aromatic rings. The number of hydrogen-bond donors (Lipinski definition) is 0. The topological polar surface area (TPSA) is 70.8 Å². The highest BCUT2D eigenvalue weighted by atomic mass is 32.2. The second kappa shape index (κ2) is 6.04. The first-order chi connectivity index (χ1) is 10.5. The van der Waals surface area contributed by atoms with Gasteiger partial charge in [0, 0.05) is 38.6 Å². The number of piperazine rings is 1. The normalized spacial score (nSPS) is 25.5. The zero-order valence-electron chi connectivity index (χ0n) is 12.8. The summed E-state index contributed by atoms with van der Waals surface area (Å²) in [5.74, 6) is 1.70. The van der Waals surface area contributed by atoms with Crippen LogP contribution in [0.15, 0.2) is 16.5 Å². The lowest BCUT2D eigenvalue weighted by atomic mass is 10.2. The Labute approximate surface area is 131 Å². The van der Waals surface area contributed by atoms with Crippen LogP contribution >= 0.6 is 0 Å². The van der Waals surface area contributed by atoms with Gasteiger partial charge in [0.05, 0.1) is 11.5 Å². The van der Waals surface area contributed by atoms with E-state index >= 15 is 0 Å². The Balaban J connectivity index is 1.56. The Morgan fingerprint density at radius 2 is 2.00 bits per heavy atom. The smallest absolute Gasteiger partial charge is 0.289 e. The molecule has 2 aliphatic heterocycles. The minimum Gasteiger partial charge on any atom is -0.456 e. The van der Waals surface area contributed by atoms with Crippen LogP contribution in [0.25, 0.3) is 0 Å². The van der Waals surface area contributed by atoms with Crippen LogP contribution < -0.4 is 0 Å². The predicted molar refractivity (Wildman–Crippen MR) is 82.6 cm³/mol. The molecule has 1 aromatic heterocycles. The van der Waals surface area contributed by atoms with E-state index < -0.39 is 9.84 Å². The first kappa shape index (κ1) is 15.6. The summed E-state index contributed by atoms with van der Waals surface area (Å²) in [6.07, 6.45) is 1.49. The number of hydrogen-bond acceptors (Lipinski definition) is 5. The maximum Gasteiger partial charge on any atom is 0.289 e. The molecule has 2 fully saturated rings. The summed E-state index contributed by atoms with van der Waals surface area (Å²) >= 11 is 0. The van der Waals surface area contributed by atoms with Crippen LogP contribution in [0.5, 0.6) is 0 Å². The average molecular weight is 326 g/mol. The summed E-state index contributed by atoms with van der Waals surface area (Å²) in [6, 6.07) is 3.70. The van der Waals surface area contributed by atoms with E-state index in [-0.39, 0.29) is 17.7 Å². The third-order valence-electron chi connectivity index (χ3n) is 4.55. The van der Waals surface area contributed by atoms with Crippen molar-refractivity contribution in [3.8, 4) is 0 Å². The second-order valence-electron chi connectivity index (χ2n) is 6.00. The summed E-state index contributed by atoms with van der Waals surface area (Å²) in [5, 5.41) is 0. The van der Waals surface area contributed by atoms with Crippen LogP contribution in [0, 0.1) is 0 Å². The number of nitrogens with zero attached hydrogens (tertiary/aromatic N) is 2. The quantitative estimate of drug-likeness (QED) is 0.821. The number of carbonyl (C=O) groups is 1. The molecule has 7 heteroatoms. The minimum absolute atomic E-state index is 0.0709. The van der Waals surface area contributed by atoms with E-state index in [0.29, 0.717) is 31.0 Å². The van der Waals surface area contributed by atoms with Crippen LogP contribution in [0.2, 0.25) is 0 Å². The third kappa shape index (κ3) is 3.20. The van der Waals surface area contributed by atoms with Crippen molar-refractivity contribution in [1.82, 2.24) is 9.80 Å². The van der Waals surface area contributed by atoms with Gasteiger partial charge in [-0.1, -0.05) is 6.92 Å². The highest BCUT2D eigenvalue weighted by molar-refractivity contribution is 7.91. The first-order valence-electron chi connectivity index (χ1n) is 7.81. The summed E-state index contributed by atoms with van der Waals surface area (Å²) in [5.41, 5.74) is 0. The van der Waals surface area contributed by atoms with Crippen molar-refractivity contribution in [2.75, 3.05) is 37.7 Å². The Kier molecular flexibility index (Phi) is 4.27. The molecule has 2 aliphatic rings. The van der Waals surface area contributed by atoms with Gasteiger partial charge in [-0.3, -0.25) is 9.69 Å². The van der Waals surface area contributed by atoms with Crippen molar-refractivity contribution in [2.45, 2.75) is 25.8 Å². The van der Waals surface area contributed by atoms with Crippen molar-refractivity contribution < 1.29 is 17.6 Å². The van der Waals surface area contributed by atoms with Crippen molar-refractivity contribution >= 4 is 15.7 Å². The highest BCUT2D eigenvalue weighted by Crippen LogP contribution is 2.20. The molecule has 0 aliphatic carbocycles. The summed E-state index contributed by atoms with van der Waals surface area (Å²) in [4.78, 5) is 16.4. The molecule has 0 radical (unpaired) electrons. The monoisotopic (exact) mass is 326 g/mol. The van der Waals surface area contributed by atoms with E-state index in [2.05, 4.69) is 4.90 Å². The van der Waals surface area contributed by atoms with Crippen molar-refractivity contribution in [2.24, 2.45) is 0 Å². The van der Waals surface area contributed by atoms with Crippen LogP contribution in [0.3, 0.4) is 0 Å². The van der Waals surface area contributed by atoms with Gasteiger partial charge in [0.2, 0.25) is 0 Å². The van der Waals surface area contributed by atoms with Gasteiger partial charge < -0.3 is 9.32 Å². The van der Waals surface area contributed by atoms with Crippen molar-refractivity contribution in [3.05, 3.63) is 23.7 Å². The zero-order valence-corrected chi connectivity index (χ0v) is 13.6. The van der Waals surface area contributed by atoms with Gasteiger partial charge in [0.1, 0.15) is 5.76 Å². The average Bonchev–Trinajstić information content (AvgIpc) is 3.13. The lowest BCUT2D eigenvalue weighted by Crippen LogP contribution is -2.52. The van der Waals surface area contributed by atoms with Crippen molar-refractivity contribution in [3.63, 3.8) is 0 Å². The molecule has 1 amide bonds. The fourth-order valence-electron chi connectivity index (χ4n) is 3.19. The molecule has 0 spiro atoms. The first-order valence-corrected chi connectivity index (χ1v) is 9.63. The Morgan fingerprint density at radius 3 is 2.55 bits per heavy atom. The molecule has 3 rings (SSSR count). The van der Waals surface area contributed by atoms with Gasteiger partial charge in [-0.2, -0.15) is 0 Å². The number of furan rings is 1. The third-order valence-corrected chi connectivity index (χ3v) is 6.30. The van der Waals surface area contributed by atoms with Crippen LogP contribution in [-0.2, 0) is 16.3 Å². The maximum absolute atomic E-state index is 12.4. The lowest BCUT2D eigenvalue weighted by Gasteiger charge is -2.37. The molecule has 3 heterocycles. The summed E-state index contributed by atoms with van der Waals surface area (Å²) < 4.78 is 28.7. The molecule has 2 saturated heterocycles. The fraction of sp³-hybridized carbons (Fsp3) is 0.667. The van der Waals surface area contributed by atoms with Gasteiger partial charge in [-0.25, -0.2) is 8.42 Å². The van der Waals surface area contributed by atoms with Gasteiger partial charge in [-0.15, -0.1) is 0 Å². The molecule has 1 atom stereocenters. The number of rotatable bonds is 3. The summed E-state index contributed by atoms with van der Waals surface area (Å²) in [7, 11) is -2.86. The number of carbonyl (C=O) groups excluding carboxylic acids is 1. The molecule has 0 bridgehead atoms. The fourth-order valence-corrected chi connectivity index (χ4v) is 4.95. The van der Waals surface area contributed by atoms with E-state index in [9.17, 15) is 13.2 Å². The van der Waals surface area contributed by atoms with Gasteiger partial charge >= 0.3 is 0 Å². The van der Waals surface area contributed by atoms with Gasteiger partial charge in [0.15, 0.2) is 15.6 Å². The number of amides is 1. The molecular formula is C15H22N2O4S. The number of sulfone groups is 1. The SMILES string of the molecule is CCc1ccc(C(=O)N2CCN(C3CCS(=O)(=O)C3)CC2)o1. The largest absolute Gasteiger partial charge is 0.456 e. The van der Waals surface area contributed by atoms with E-state index in [0.717, 1.165) is 25.3 Å².